The van der Waals surface area contributed by atoms with Gasteiger partial charge in [0, 0.05) is 6.54 Å². The normalized spacial score (nSPS) is 18.4. The molecule has 20 heavy (non-hydrogen) atoms. The summed E-state index contributed by atoms with van der Waals surface area (Å²) in [7, 11) is 0. The highest BCUT2D eigenvalue weighted by Crippen LogP contribution is 2.24. The predicted octanol–water partition coefficient (Wildman–Crippen LogP) is -0.0753. The summed E-state index contributed by atoms with van der Waals surface area (Å²) >= 11 is 3.43. The maximum atomic E-state index is 10.0. The number of ether oxygens (including phenoxy) is 1. The molecule has 0 aromatic heterocycles. The minimum Gasteiger partial charge on any atom is -1.00 e. The van der Waals surface area contributed by atoms with E-state index in [4.69, 9.17) is 4.74 Å². The summed E-state index contributed by atoms with van der Waals surface area (Å²) in [5, 5.41) is 10.0. The van der Waals surface area contributed by atoms with Crippen LogP contribution in [0, 0.1) is 5.92 Å². The highest BCUT2D eigenvalue weighted by atomic mass is 79.9. The largest absolute Gasteiger partial charge is 1.00 e. The Labute approximate surface area is 135 Å². The first-order valence-electron chi connectivity index (χ1n) is 6.93. The Morgan fingerprint density at radius 3 is 2.65 bits per heavy atom. The number of aliphatic hydroxyl groups is 1. The number of hydrogen-bond donors (Lipinski definition) is 1. The summed E-state index contributed by atoms with van der Waals surface area (Å²) in [4.78, 5) is 2.33. The van der Waals surface area contributed by atoms with Crippen molar-refractivity contribution in [3.63, 3.8) is 0 Å². The Hall–Kier alpha value is -0.290. The Balaban J connectivity index is 0.00000200. The highest BCUT2D eigenvalue weighted by Gasteiger charge is 2.18. The first-order valence-corrected chi connectivity index (χ1v) is 7.72. The maximum absolute atomic E-state index is 10.0. The van der Waals surface area contributed by atoms with Crippen molar-refractivity contribution < 1.29 is 22.3 Å². The lowest BCUT2D eigenvalue weighted by Crippen LogP contribution is -3.00. The standard InChI is InChI=1S/C15H22BrNO2.ClH/c1-12-6-8-17(9-7-12)10-13(18)11-19-15-5-3-2-4-14(15)16;/h2-5,12-13,18H,6-11H2,1H3;1H/p-1. The molecule has 0 amide bonds. The van der Waals surface area contributed by atoms with Crippen molar-refractivity contribution in [3.05, 3.63) is 28.7 Å². The van der Waals surface area contributed by atoms with Crippen LogP contribution in [-0.2, 0) is 0 Å². The molecule has 0 bridgehead atoms. The van der Waals surface area contributed by atoms with E-state index in [-0.39, 0.29) is 12.4 Å². The molecule has 3 nitrogen and oxygen atoms in total. The number of para-hydroxylation sites is 1. The van der Waals surface area contributed by atoms with Gasteiger partial charge in [0.15, 0.2) is 0 Å². The average Bonchev–Trinajstić information content (AvgIpc) is 2.40. The monoisotopic (exact) mass is 362 g/mol. The van der Waals surface area contributed by atoms with Gasteiger partial charge in [-0.2, -0.15) is 0 Å². The zero-order chi connectivity index (χ0) is 13.7. The molecule has 1 atom stereocenters. The van der Waals surface area contributed by atoms with E-state index in [9.17, 15) is 5.11 Å². The van der Waals surface area contributed by atoms with Gasteiger partial charge >= 0.3 is 0 Å². The van der Waals surface area contributed by atoms with Crippen LogP contribution >= 0.6 is 15.9 Å². The molecule has 114 valence electrons. The second kappa shape index (κ2) is 8.88. The fourth-order valence-electron chi connectivity index (χ4n) is 2.34. The number of nitrogens with zero attached hydrogens (tertiary/aromatic N) is 1. The first-order chi connectivity index (χ1) is 9.15. The van der Waals surface area contributed by atoms with Crippen LogP contribution in [0.1, 0.15) is 19.8 Å². The van der Waals surface area contributed by atoms with E-state index < -0.39 is 6.10 Å². The molecule has 1 fully saturated rings. The van der Waals surface area contributed by atoms with Crippen molar-refractivity contribution in [1.29, 1.82) is 0 Å². The smallest absolute Gasteiger partial charge is 0.133 e. The summed E-state index contributed by atoms with van der Waals surface area (Å²) in [5.74, 6) is 1.61. The molecule has 2 rings (SSSR count). The molecule has 1 aromatic carbocycles. The van der Waals surface area contributed by atoms with Crippen LogP contribution in [-0.4, -0.2) is 42.4 Å². The zero-order valence-electron chi connectivity index (χ0n) is 11.8. The van der Waals surface area contributed by atoms with E-state index in [1.807, 2.05) is 24.3 Å². The van der Waals surface area contributed by atoms with Crippen LogP contribution < -0.4 is 17.1 Å². The Kier molecular flexibility index (Phi) is 7.88. The zero-order valence-corrected chi connectivity index (χ0v) is 14.1. The van der Waals surface area contributed by atoms with E-state index in [0.29, 0.717) is 13.2 Å². The van der Waals surface area contributed by atoms with Gasteiger partial charge in [0.1, 0.15) is 18.5 Å². The number of halogens is 2. The van der Waals surface area contributed by atoms with Gasteiger partial charge in [-0.15, -0.1) is 0 Å². The number of rotatable bonds is 5. The van der Waals surface area contributed by atoms with Crippen LogP contribution in [0.3, 0.4) is 0 Å². The summed E-state index contributed by atoms with van der Waals surface area (Å²) in [6.45, 7) is 5.52. The molecule has 0 saturated carbocycles. The second-order valence-electron chi connectivity index (χ2n) is 5.38. The lowest BCUT2D eigenvalue weighted by Gasteiger charge is -2.31. The summed E-state index contributed by atoms with van der Waals surface area (Å²) in [6, 6.07) is 7.72. The number of piperidine rings is 1. The molecule has 0 spiro atoms. The minimum atomic E-state index is -0.430. The molecule has 1 saturated heterocycles. The predicted molar refractivity (Wildman–Crippen MR) is 80.5 cm³/mol. The molecular weight excluding hydrogens is 342 g/mol. The number of likely N-dealkylation sites (tertiary alicyclic amines) is 1. The molecule has 1 aliphatic heterocycles. The van der Waals surface area contributed by atoms with Gasteiger partial charge in [-0.25, -0.2) is 0 Å². The number of benzene rings is 1. The van der Waals surface area contributed by atoms with Crippen molar-refractivity contribution in [2.75, 3.05) is 26.2 Å². The van der Waals surface area contributed by atoms with Gasteiger partial charge < -0.3 is 27.2 Å². The van der Waals surface area contributed by atoms with Crippen LogP contribution in [0.4, 0.5) is 0 Å². The van der Waals surface area contributed by atoms with Gasteiger partial charge in [0.2, 0.25) is 0 Å². The number of hydrogen-bond acceptors (Lipinski definition) is 3. The van der Waals surface area contributed by atoms with Gasteiger partial charge in [-0.3, -0.25) is 0 Å². The molecule has 1 heterocycles. The van der Waals surface area contributed by atoms with Crippen molar-refractivity contribution in [1.82, 2.24) is 4.90 Å². The third-order valence-corrected chi connectivity index (χ3v) is 4.27. The first kappa shape index (κ1) is 17.8. The van der Waals surface area contributed by atoms with Crippen LogP contribution in [0.15, 0.2) is 28.7 Å². The molecule has 1 N–H and O–H groups in total. The highest BCUT2D eigenvalue weighted by molar-refractivity contribution is 9.10. The minimum absolute atomic E-state index is 0. The van der Waals surface area contributed by atoms with Crippen LogP contribution in [0.2, 0.25) is 0 Å². The molecule has 1 aliphatic rings. The van der Waals surface area contributed by atoms with E-state index in [0.717, 1.165) is 29.2 Å². The number of aliphatic hydroxyl groups excluding tert-OH is 1. The molecular formula is C15H22BrClNO2-. The quantitative estimate of drug-likeness (QED) is 0.795. The molecule has 1 aromatic rings. The van der Waals surface area contributed by atoms with E-state index in [1.165, 1.54) is 12.8 Å². The van der Waals surface area contributed by atoms with Crippen molar-refractivity contribution >= 4 is 15.9 Å². The lowest BCUT2D eigenvalue weighted by atomic mass is 9.99. The van der Waals surface area contributed by atoms with E-state index in [2.05, 4.69) is 27.8 Å². The third-order valence-electron chi connectivity index (χ3n) is 3.61. The summed E-state index contributed by atoms with van der Waals surface area (Å²) in [6.07, 6.45) is 2.04. The van der Waals surface area contributed by atoms with Crippen molar-refractivity contribution in [2.45, 2.75) is 25.9 Å². The van der Waals surface area contributed by atoms with Gasteiger partial charge in [0.05, 0.1) is 4.47 Å². The number of β-amino-alcohol motifs (C(OH)–C–C–N with tert-alkyl or cyclic N) is 1. The Bertz CT molecular complexity index is 397. The maximum Gasteiger partial charge on any atom is 0.133 e. The molecule has 0 radical (unpaired) electrons. The topological polar surface area (TPSA) is 32.7 Å². The van der Waals surface area contributed by atoms with Crippen LogP contribution in [0.25, 0.3) is 0 Å². The Morgan fingerprint density at radius 2 is 2.00 bits per heavy atom. The van der Waals surface area contributed by atoms with Gasteiger partial charge in [-0.1, -0.05) is 19.1 Å². The Morgan fingerprint density at radius 1 is 1.35 bits per heavy atom. The van der Waals surface area contributed by atoms with Crippen LogP contribution in [0.5, 0.6) is 5.75 Å². The fourth-order valence-corrected chi connectivity index (χ4v) is 2.74. The summed E-state index contributed by atoms with van der Waals surface area (Å²) in [5.41, 5.74) is 0. The van der Waals surface area contributed by atoms with Gasteiger partial charge in [0.25, 0.3) is 0 Å². The SMILES string of the molecule is CC1CCN(CC(O)COc2ccccc2Br)CC1.[Cl-]. The van der Waals surface area contributed by atoms with E-state index in [1.54, 1.807) is 0 Å². The van der Waals surface area contributed by atoms with Crippen molar-refractivity contribution in [2.24, 2.45) is 5.92 Å². The average molecular weight is 364 g/mol. The lowest BCUT2D eigenvalue weighted by molar-refractivity contribution is -0.00000610. The van der Waals surface area contributed by atoms with Crippen molar-refractivity contribution in [3.8, 4) is 5.75 Å². The molecule has 5 heteroatoms. The summed E-state index contributed by atoms with van der Waals surface area (Å²) < 4.78 is 6.56. The molecule has 0 aliphatic carbocycles. The third kappa shape index (κ3) is 5.60. The van der Waals surface area contributed by atoms with E-state index >= 15 is 0 Å². The molecule has 1 unspecified atom stereocenters. The van der Waals surface area contributed by atoms with Gasteiger partial charge in [-0.05, 0) is 59.9 Å². The second-order valence-corrected chi connectivity index (χ2v) is 6.23. The fraction of sp³-hybridized carbons (Fsp3) is 0.600.